The molecule has 0 fully saturated rings. The monoisotopic (exact) mass is 214 g/mol. The number of nitriles is 2. The van der Waals surface area contributed by atoms with Gasteiger partial charge in [-0.1, -0.05) is 6.07 Å². The maximum atomic E-state index is 8.40. The summed E-state index contributed by atoms with van der Waals surface area (Å²) in [7, 11) is 0. The van der Waals surface area contributed by atoms with Crippen LogP contribution in [-0.4, -0.2) is 12.2 Å². The molecule has 0 atom stereocenters. The van der Waals surface area contributed by atoms with Gasteiger partial charge in [0.05, 0.1) is 23.3 Å². The zero-order valence-corrected chi connectivity index (χ0v) is 8.02. The Labute approximate surface area is 91.4 Å². The lowest BCUT2D eigenvalue weighted by atomic mass is 10.2. The Kier molecular flexibility index (Phi) is 11.5. The van der Waals surface area contributed by atoms with E-state index in [4.69, 9.17) is 30.9 Å². The van der Waals surface area contributed by atoms with Gasteiger partial charge in [-0.3, -0.25) is 0 Å². The van der Waals surface area contributed by atoms with E-state index in [0.29, 0.717) is 11.1 Å². The van der Waals surface area contributed by atoms with Gasteiger partial charge < -0.3 is 0 Å². The van der Waals surface area contributed by atoms with Crippen LogP contribution in [0.15, 0.2) is 24.3 Å². The molecule has 0 amide bonds. The Balaban J connectivity index is 0. The van der Waals surface area contributed by atoms with Crippen LogP contribution in [0.1, 0.15) is 11.1 Å². The van der Waals surface area contributed by atoms with Gasteiger partial charge in [0.1, 0.15) is 0 Å². The molecule has 0 heterocycles. The lowest BCUT2D eigenvalue weighted by Crippen LogP contribution is -1.75. The summed E-state index contributed by atoms with van der Waals surface area (Å²) in [6.45, 7) is 0. The average molecular weight is 214 g/mol. The minimum absolute atomic E-state index is 0.527. The molecule has 2 N–H and O–H groups in total. The van der Waals surface area contributed by atoms with E-state index in [1.807, 2.05) is 12.1 Å². The van der Waals surface area contributed by atoms with E-state index in [1.54, 1.807) is 24.3 Å². The zero-order valence-electron chi connectivity index (χ0n) is 8.02. The Morgan fingerprint density at radius 1 is 0.938 bits per heavy atom. The van der Waals surface area contributed by atoms with E-state index in [2.05, 4.69) is 0 Å². The molecule has 0 spiro atoms. The van der Waals surface area contributed by atoms with Crippen LogP contribution < -0.4 is 0 Å². The predicted molar refractivity (Wildman–Crippen MR) is 52.7 cm³/mol. The van der Waals surface area contributed by atoms with Crippen molar-refractivity contribution in [3.05, 3.63) is 35.4 Å². The van der Waals surface area contributed by atoms with Crippen molar-refractivity contribution >= 4 is 12.2 Å². The highest BCUT2D eigenvalue weighted by atomic mass is 16.1. The maximum Gasteiger partial charge on any atom is 0.231 e. The van der Waals surface area contributed by atoms with Crippen molar-refractivity contribution in [1.82, 2.24) is 0 Å². The number of nitrogens with zero attached hydrogens (tertiary/aromatic N) is 2. The van der Waals surface area contributed by atoms with Crippen molar-refractivity contribution in [2.24, 2.45) is 0 Å². The smallest absolute Gasteiger partial charge is 0.222 e. The standard InChI is InChI=1S/C8H4N2.2CHNO/c9-5-7-2-1-3-8(4-7)6-10;2*2-1-3/h1-4H;2*2H. The van der Waals surface area contributed by atoms with Crippen LogP contribution in [-0.2, 0) is 9.59 Å². The largest absolute Gasteiger partial charge is 0.231 e. The lowest BCUT2D eigenvalue weighted by molar-refractivity contribution is 0.562. The maximum absolute atomic E-state index is 8.40. The van der Waals surface area contributed by atoms with Gasteiger partial charge >= 0.3 is 0 Å². The molecular formula is C10H6N4O2. The number of carbonyl (C=O) groups excluding carboxylic acids is 2. The highest BCUT2D eigenvalue weighted by Gasteiger charge is 1.90. The molecule has 0 aromatic heterocycles. The van der Waals surface area contributed by atoms with Crippen molar-refractivity contribution in [1.29, 1.82) is 21.3 Å². The summed E-state index contributed by atoms with van der Waals surface area (Å²) >= 11 is 0. The molecule has 1 rings (SSSR count). The van der Waals surface area contributed by atoms with E-state index >= 15 is 0 Å². The fourth-order valence-corrected chi connectivity index (χ4v) is 0.658. The number of isocyanates is 2. The molecule has 0 bridgehead atoms. The second-order valence-corrected chi connectivity index (χ2v) is 2.01. The quantitative estimate of drug-likeness (QED) is 0.496. The molecule has 0 aliphatic rings. The fraction of sp³-hybridized carbons (Fsp3) is 0. The molecule has 78 valence electrons. The van der Waals surface area contributed by atoms with Gasteiger partial charge in [0, 0.05) is 0 Å². The van der Waals surface area contributed by atoms with Crippen molar-refractivity contribution < 1.29 is 9.59 Å². The van der Waals surface area contributed by atoms with Crippen molar-refractivity contribution in [3.8, 4) is 12.1 Å². The summed E-state index contributed by atoms with van der Waals surface area (Å²) in [5.74, 6) is 0. The minimum Gasteiger partial charge on any atom is -0.222 e. The third kappa shape index (κ3) is 9.05. The summed E-state index contributed by atoms with van der Waals surface area (Å²) in [4.78, 5) is 16.7. The highest BCUT2D eigenvalue weighted by Crippen LogP contribution is 2.01. The zero-order chi connectivity index (χ0) is 12.8. The van der Waals surface area contributed by atoms with Gasteiger partial charge in [0.15, 0.2) is 0 Å². The molecule has 6 nitrogen and oxygen atoms in total. The highest BCUT2D eigenvalue weighted by molar-refractivity contribution is 5.38. The van der Waals surface area contributed by atoms with Crippen LogP contribution in [0.4, 0.5) is 0 Å². The van der Waals surface area contributed by atoms with E-state index in [-0.39, 0.29) is 0 Å². The van der Waals surface area contributed by atoms with Gasteiger partial charge in [-0.25, -0.2) is 20.4 Å². The summed E-state index contributed by atoms with van der Waals surface area (Å²) in [5, 5.41) is 27.6. The second kappa shape index (κ2) is 12.0. The van der Waals surface area contributed by atoms with Gasteiger partial charge in [-0.05, 0) is 18.2 Å². The third-order valence-corrected chi connectivity index (χ3v) is 1.12. The number of benzene rings is 1. The van der Waals surface area contributed by atoms with Crippen LogP contribution in [0.3, 0.4) is 0 Å². The first-order valence-electron chi connectivity index (χ1n) is 3.68. The number of hydrogen-bond donors (Lipinski definition) is 2. The normalized spacial score (nSPS) is 5.88. The van der Waals surface area contributed by atoms with Gasteiger partial charge in [0.25, 0.3) is 0 Å². The molecule has 6 heteroatoms. The van der Waals surface area contributed by atoms with Crippen LogP contribution >= 0.6 is 0 Å². The first-order chi connectivity index (χ1) is 7.69. The van der Waals surface area contributed by atoms with Crippen LogP contribution in [0.25, 0.3) is 0 Å². The molecule has 16 heavy (non-hydrogen) atoms. The van der Waals surface area contributed by atoms with Gasteiger partial charge in [-0.15, -0.1) is 0 Å². The minimum atomic E-state index is 0.527. The summed E-state index contributed by atoms with van der Waals surface area (Å²) in [6.07, 6.45) is 1.50. The summed E-state index contributed by atoms with van der Waals surface area (Å²) in [6, 6.07) is 10.5. The van der Waals surface area contributed by atoms with E-state index in [0.717, 1.165) is 12.2 Å². The van der Waals surface area contributed by atoms with E-state index < -0.39 is 0 Å². The molecule has 1 aromatic rings. The van der Waals surface area contributed by atoms with Crippen LogP contribution in [0, 0.1) is 33.5 Å². The van der Waals surface area contributed by atoms with Crippen LogP contribution in [0.2, 0.25) is 0 Å². The molecular weight excluding hydrogens is 208 g/mol. The van der Waals surface area contributed by atoms with Gasteiger partial charge in [-0.2, -0.15) is 10.5 Å². The number of hydrogen-bond acceptors (Lipinski definition) is 6. The fourth-order valence-electron chi connectivity index (χ4n) is 0.658. The molecule has 0 saturated carbocycles. The van der Waals surface area contributed by atoms with Crippen molar-refractivity contribution in [2.75, 3.05) is 0 Å². The Morgan fingerprint density at radius 2 is 1.25 bits per heavy atom. The van der Waals surface area contributed by atoms with Gasteiger partial charge in [0.2, 0.25) is 12.2 Å². The number of nitrogens with one attached hydrogen (secondary N) is 2. The third-order valence-electron chi connectivity index (χ3n) is 1.12. The van der Waals surface area contributed by atoms with Crippen molar-refractivity contribution in [3.63, 3.8) is 0 Å². The molecule has 0 aliphatic heterocycles. The Morgan fingerprint density at radius 3 is 1.50 bits per heavy atom. The second-order valence-electron chi connectivity index (χ2n) is 2.01. The summed E-state index contributed by atoms with van der Waals surface area (Å²) < 4.78 is 0. The van der Waals surface area contributed by atoms with E-state index in [1.165, 1.54) is 0 Å². The lowest BCUT2D eigenvalue weighted by Gasteiger charge is -1.86. The first kappa shape index (κ1) is 15.4. The summed E-state index contributed by atoms with van der Waals surface area (Å²) in [5.41, 5.74) is 1.05. The van der Waals surface area contributed by atoms with Crippen molar-refractivity contribution in [2.45, 2.75) is 0 Å². The SMILES string of the molecule is N#Cc1cccc(C#N)c1.N=C=O.N=C=O. The molecule has 0 unspecified atom stereocenters. The molecule has 1 aromatic carbocycles. The topological polar surface area (TPSA) is 129 Å². The molecule has 0 saturated heterocycles. The Bertz CT molecular complexity index is 429. The first-order valence-corrected chi connectivity index (χ1v) is 3.68. The predicted octanol–water partition coefficient (Wildman–Crippen LogP) is 1.23. The number of rotatable bonds is 0. The molecule has 0 radical (unpaired) electrons. The average Bonchev–Trinajstić information content (AvgIpc) is 2.31. The Hall–Kier alpha value is -3.04. The molecule has 0 aliphatic carbocycles. The van der Waals surface area contributed by atoms with Crippen LogP contribution in [0.5, 0.6) is 0 Å². The van der Waals surface area contributed by atoms with E-state index in [9.17, 15) is 0 Å².